The van der Waals surface area contributed by atoms with E-state index in [1.807, 2.05) is 66.7 Å². The molecule has 3 aromatic rings. The Balaban J connectivity index is 1.44. The first-order valence-corrected chi connectivity index (χ1v) is 9.55. The van der Waals surface area contributed by atoms with E-state index in [4.69, 9.17) is 15.2 Å². The molecule has 0 bridgehead atoms. The molecule has 148 valence electrons. The molecule has 0 aliphatic rings. The second-order valence-electron chi connectivity index (χ2n) is 6.40. The fourth-order valence-corrected chi connectivity index (χ4v) is 2.73. The zero-order chi connectivity index (χ0) is 20.3. The maximum Gasteiger partial charge on any atom is 0.407 e. The van der Waals surface area contributed by atoms with Crippen LogP contribution in [0.5, 0.6) is 5.75 Å². The molecule has 3 aromatic carbocycles. The van der Waals surface area contributed by atoms with Crippen LogP contribution < -0.4 is 15.8 Å². The summed E-state index contributed by atoms with van der Waals surface area (Å²) in [6.45, 7) is 1.69. The Labute approximate surface area is 170 Å². The summed E-state index contributed by atoms with van der Waals surface area (Å²) in [6.07, 6.45) is 0.110. The molecule has 0 spiro atoms. The van der Waals surface area contributed by atoms with Crippen LogP contribution in [0.4, 0.5) is 4.79 Å². The van der Waals surface area contributed by atoms with Crippen molar-refractivity contribution in [2.45, 2.75) is 13.0 Å². The molecule has 0 aliphatic carbocycles. The molecular formula is C24H24N2O3. The van der Waals surface area contributed by atoms with E-state index in [2.05, 4.69) is 17.2 Å². The van der Waals surface area contributed by atoms with Gasteiger partial charge in [-0.1, -0.05) is 54.3 Å². The average molecular weight is 388 g/mol. The fraction of sp³-hybridized carbons (Fsp3) is 0.208. The summed E-state index contributed by atoms with van der Waals surface area (Å²) in [4.78, 5) is 11.7. The van der Waals surface area contributed by atoms with Crippen LogP contribution in [-0.4, -0.2) is 25.8 Å². The van der Waals surface area contributed by atoms with Crippen LogP contribution in [0.1, 0.15) is 17.5 Å². The second kappa shape index (κ2) is 10.7. The highest BCUT2D eigenvalue weighted by Crippen LogP contribution is 2.21. The molecule has 0 atom stereocenters. The van der Waals surface area contributed by atoms with Crippen LogP contribution in [0, 0.1) is 11.8 Å². The Kier molecular flexibility index (Phi) is 7.50. The van der Waals surface area contributed by atoms with Crippen LogP contribution in [0.15, 0.2) is 66.7 Å². The summed E-state index contributed by atoms with van der Waals surface area (Å²) >= 11 is 0. The van der Waals surface area contributed by atoms with Gasteiger partial charge in [0.05, 0.1) is 0 Å². The minimum atomic E-state index is -0.436. The second-order valence-corrected chi connectivity index (χ2v) is 6.40. The SMILES string of the molecule is NCCOc1ccc2cc(C#CCCNC(=O)OCc3ccccc3)ccc2c1. The molecule has 3 rings (SSSR count). The Hall–Kier alpha value is -3.49. The summed E-state index contributed by atoms with van der Waals surface area (Å²) in [5.74, 6) is 7.02. The van der Waals surface area contributed by atoms with Crippen molar-refractivity contribution in [1.29, 1.82) is 0 Å². The quantitative estimate of drug-likeness (QED) is 0.476. The highest BCUT2D eigenvalue weighted by molar-refractivity contribution is 5.85. The van der Waals surface area contributed by atoms with Gasteiger partial charge in [0.15, 0.2) is 0 Å². The number of hydrogen-bond acceptors (Lipinski definition) is 4. The normalized spacial score (nSPS) is 10.1. The van der Waals surface area contributed by atoms with Crippen molar-refractivity contribution >= 4 is 16.9 Å². The largest absolute Gasteiger partial charge is 0.492 e. The van der Waals surface area contributed by atoms with Crippen molar-refractivity contribution in [2.24, 2.45) is 5.73 Å². The maximum atomic E-state index is 11.7. The van der Waals surface area contributed by atoms with E-state index < -0.39 is 6.09 Å². The number of carbonyl (C=O) groups is 1. The molecule has 0 saturated heterocycles. The van der Waals surface area contributed by atoms with Crippen molar-refractivity contribution < 1.29 is 14.3 Å². The Bertz CT molecular complexity index is 1010. The lowest BCUT2D eigenvalue weighted by atomic mass is 10.1. The number of benzene rings is 3. The van der Waals surface area contributed by atoms with Crippen LogP contribution in [0.25, 0.3) is 10.8 Å². The molecule has 0 aliphatic heterocycles. The van der Waals surface area contributed by atoms with Gasteiger partial charge in [0.1, 0.15) is 19.0 Å². The summed E-state index contributed by atoms with van der Waals surface area (Å²) < 4.78 is 10.7. The van der Waals surface area contributed by atoms with Crippen molar-refractivity contribution in [3.8, 4) is 17.6 Å². The summed E-state index contributed by atoms with van der Waals surface area (Å²) in [7, 11) is 0. The number of hydrogen-bond donors (Lipinski definition) is 2. The molecule has 0 radical (unpaired) electrons. The van der Waals surface area contributed by atoms with Crippen LogP contribution >= 0.6 is 0 Å². The number of alkyl carbamates (subject to hydrolysis) is 1. The van der Waals surface area contributed by atoms with Gasteiger partial charge < -0.3 is 20.5 Å². The molecule has 0 aromatic heterocycles. The van der Waals surface area contributed by atoms with E-state index in [-0.39, 0.29) is 6.61 Å². The third-order valence-electron chi connectivity index (χ3n) is 4.16. The maximum absolute atomic E-state index is 11.7. The molecule has 3 N–H and O–H groups in total. The lowest BCUT2D eigenvalue weighted by molar-refractivity contribution is 0.140. The number of nitrogens with one attached hydrogen (secondary N) is 1. The topological polar surface area (TPSA) is 73.6 Å². The molecule has 5 nitrogen and oxygen atoms in total. The van der Waals surface area contributed by atoms with Gasteiger partial charge in [0.2, 0.25) is 0 Å². The van der Waals surface area contributed by atoms with Gasteiger partial charge >= 0.3 is 6.09 Å². The van der Waals surface area contributed by atoms with Gasteiger partial charge in [-0.25, -0.2) is 4.79 Å². The van der Waals surface area contributed by atoms with E-state index >= 15 is 0 Å². The fourth-order valence-electron chi connectivity index (χ4n) is 2.73. The Morgan fingerprint density at radius 2 is 1.79 bits per heavy atom. The zero-order valence-electron chi connectivity index (χ0n) is 16.2. The highest BCUT2D eigenvalue weighted by Gasteiger charge is 2.01. The zero-order valence-corrected chi connectivity index (χ0v) is 16.2. The van der Waals surface area contributed by atoms with Crippen LogP contribution in [0.2, 0.25) is 0 Å². The van der Waals surface area contributed by atoms with Crippen molar-refractivity contribution in [2.75, 3.05) is 19.7 Å². The summed E-state index contributed by atoms with van der Waals surface area (Å²) in [6, 6.07) is 21.5. The minimum absolute atomic E-state index is 0.258. The molecule has 29 heavy (non-hydrogen) atoms. The molecule has 0 fully saturated rings. The molecule has 0 heterocycles. The van der Waals surface area contributed by atoms with Crippen molar-refractivity contribution in [3.63, 3.8) is 0 Å². The number of amides is 1. The number of nitrogens with two attached hydrogens (primary N) is 1. The lowest BCUT2D eigenvalue weighted by Crippen LogP contribution is -2.24. The smallest absolute Gasteiger partial charge is 0.407 e. The molecular weight excluding hydrogens is 364 g/mol. The first kappa shape index (κ1) is 20.2. The predicted molar refractivity (Wildman–Crippen MR) is 115 cm³/mol. The molecule has 1 amide bonds. The Morgan fingerprint density at radius 3 is 2.62 bits per heavy atom. The van der Waals surface area contributed by atoms with Gasteiger partial charge in [0, 0.05) is 25.1 Å². The van der Waals surface area contributed by atoms with Gasteiger partial charge in [0.25, 0.3) is 0 Å². The van der Waals surface area contributed by atoms with Gasteiger partial charge in [-0.05, 0) is 40.6 Å². The van der Waals surface area contributed by atoms with Crippen LogP contribution in [0.3, 0.4) is 0 Å². The molecule has 0 saturated carbocycles. The highest BCUT2D eigenvalue weighted by atomic mass is 16.5. The average Bonchev–Trinajstić information content (AvgIpc) is 2.76. The monoisotopic (exact) mass is 388 g/mol. The standard InChI is InChI=1S/C24H24N2O3/c25-13-15-28-23-12-11-21-16-19(9-10-22(21)17-23)6-4-5-14-26-24(27)29-18-20-7-2-1-3-8-20/h1-3,7-12,16-17H,5,13-15,18,25H2,(H,26,27). The number of fused-ring (bicyclic) bond motifs is 1. The van der Waals surface area contributed by atoms with E-state index in [1.54, 1.807) is 0 Å². The van der Waals surface area contributed by atoms with E-state index in [9.17, 15) is 4.79 Å². The molecule has 5 heteroatoms. The minimum Gasteiger partial charge on any atom is -0.492 e. The van der Waals surface area contributed by atoms with Crippen molar-refractivity contribution in [1.82, 2.24) is 5.32 Å². The first-order valence-electron chi connectivity index (χ1n) is 9.55. The third-order valence-corrected chi connectivity index (χ3v) is 4.16. The van der Waals surface area contributed by atoms with E-state index in [0.29, 0.717) is 26.1 Å². The van der Waals surface area contributed by atoms with Crippen molar-refractivity contribution in [3.05, 3.63) is 77.9 Å². The lowest BCUT2D eigenvalue weighted by Gasteiger charge is -2.06. The van der Waals surface area contributed by atoms with Crippen LogP contribution in [-0.2, 0) is 11.3 Å². The third kappa shape index (κ3) is 6.56. The van der Waals surface area contributed by atoms with E-state index in [0.717, 1.165) is 27.6 Å². The number of ether oxygens (including phenoxy) is 2. The van der Waals surface area contributed by atoms with E-state index in [1.165, 1.54) is 0 Å². The predicted octanol–water partition coefficient (Wildman–Crippen LogP) is 3.85. The summed E-state index contributed by atoms with van der Waals surface area (Å²) in [5, 5.41) is 4.89. The van der Waals surface area contributed by atoms with Gasteiger partial charge in [-0.3, -0.25) is 0 Å². The number of carbonyl (C=O) groups excluding carboxylic acids is 1. The Morgan fingerprint density at radius 1 is 1.00 bits per heavy atom. The number of rotatable bonds is 7. The van der Waals surface area contributed by atoms with Gasteiger partial charge in [-0.15, -0.1) is 0 Å². The molecule has 0 unspecified atom stereocenters. The summed E-state index contributed by atoms with van der Waals surface area (Å²) in [5.41, 5.74) is 7.35. The van der Waals surface area contributed by atoms with Gasteiger partial charge in [-0.2, -0.15) is 0 Å². The first-order chi connectivity index (χ1) is 14.2.